The van der Waals surface area contributed by atoms with E-state index < -0.39 is 0 Å². The summed E-state index contributed by atoms with van der Waals surface area (Å²) in [6.07, 6.45) is 1.73. The number of hydrogen-bond donors (Lipinski definition) is 2. The largest absolute Gasteiger partial charge is 0.438 e. The van der Waals surface area contributed by atoms with Crippen molar-refractivity contribution in [2.24, 2.45) is 0 Å². The number of hydrogen-bond acceptors (Lipinski definition) is 5. The molecule has 0 radical (unpaired) electrons. The molecule has 0 fully saturated rings. The highest BCUT2D eigenvalue weighted by atomic mass is 35.5. The second-order valence-electron chi connectivity index (χ2n) is 6.58. The minimum absolute atomic E-state index is 0.126. The third-order valence-corrected chi connectivity index (χ3v) is 4.67. The molecule has 0 unspecified atom stereocenters. The van der Waals surface area contributed by atoms with Gasteiger partial charge in [0.15, 0.2) is 5.65 Å². The number of fused-ring (bicyclic) bond motifs is 1. The second-order valence-corrected chi connectivity index (χ2v) is 7.02. The molecule has 4 rings (SSSR count). The van der Waals surface area contributed by atoms with Crippen molar-refractivity contribution in [2.45, 2.75) is 0 Å². The Morgan fingerprint density at radius 2 is 1.97 bits per heavy atom. The van der Waals surface area contributed by atoms with Crippen molar-refractivity contribution in [3.8, 4) is 22.9 Å². The van der Waals surface area contributed by atoms with Crippen molar-refractivity contribution in [1.29, 1.82) is 0 Å². The van der Waals surface area contributed by atoms with Crippen molar-refractivity contribution in [3.63, 3.8) is 0 Å². The highest BCUT2D eigenvalue weighted by molar-refractivity contribution is 6.30. The standard InChI is InChI=1S/C22H20ClN5O2/c1-24-10-11-25-22(29)16-5-2-4-15(12-16)19-14-26-20-8-9-21(27-28(19)20)30-18-7-3-6-17(23)13-18/h2-9,12-14,24H,10-11H2,1H3,(H,25,29). The zero-order chi connectivity index (χ0) is 20.9. The van der Waals surface area contributed by atoms with E-state index >= 15 is 0 Å². The van der Waals surface area contributed by atoms with Crippen LogP contribution in [0.5, 0.6) is 11.6 Å². The Kier molecular flexibility index (Phi) is 5.92. The van der Waals surface area contributed by atoms with E-state index in [9.17, 15) is 4.79 Å². The predicted molar refractivity (Wildman–Crippen MR) is 116 cm³/mol. The first-order valence-corrected chi connectivity index (χ1v) is 9.83. The van der Waals surface area contributed by atoms with Gasteiger partial charge < -0.3 is 15.4 Å². The zero-order valence-electron chi connectivity index (χ0n) is 16.3. The number of imidazole rings is 1. The molecule has 0 aliphatic rings. The number of nitrogens with one attached hydrogen (secondary N) is 2. The van der Waals surface area contributed by atoms with Crippen LogP contribution in [0.4, 0.5) is 0 Å². The zero-order valence-corrected chi connectivity index (χ0v) is 17.1. The SMILES string of the molecule is CNCCNC(=O)c1cccc(-c2cnc3ccc(Oc4cccc(Cl)c4)nn23)c1. The van der Waals surface area contributed by atoms with Crippen LogP contribution in [0.1, 0.15) is 10.4 Å². The number of carbonyl (C=O) groups is 1. The summed E-state index contributed by atoms with van der Waals surface area (Å²) in [5.41, 5.74) is 2.83. The molecule has 1 amide bonds. The van der Waals surface area contributed by atoms with Crippen molar-refractivity contribution in [1.82, 2.24) is 25.2 Å². The quantitative estimate of drug-likeness (QED) is 0.444. The van der Waals surface area contributed by atoms with Crippen molar-refractivity contribution < 1.29 is 9.53 Å². The number of likely N-dealkylation sites (N-methyl/N-ethyl adjacent to an activating group) is 1. The van der Waals surface area contributed by atoms with Crippen LogP contribution in [0.25, 0.3) is 16.9 Å². The topological polar surface area (TPSA) is 80.5 Å². The molecule has 2 heterocycles. The average molecular weight is 422 g/mol. The van der Waals surface area contributed by atoms with Gasteiger partial charge in [-0.15, -0.1) is 5.10 Å². The molecular formula is C22H20ClN5O2. The van der Waals surface area contributed by atoms with Gasteiger partial charge >= 0.3 is 0 Å². The number of ether oxygens (including phenoxy) is 1. The maximum Gasteiger partial charge on any atom is 0.251 e. The first kappa shape index (κ1) is 19.9. The molecule has 0 atom stereocenters. The molecule has 0 spiro atoms. The first-order chi connectivity index (χ1) is 14.6. The lowest BCUT2D eigenvalue weighted by Gasteiger charge is -2.08. The van der Waals surface area contributed by atoms with Crippen LogP contribution in [0.3, 0.4) is 0 Å². The van der Waals surface area contributed by atoms with Gasteiger partial charge in [-0.3, -0.25) is 4.79 Å². The lowest BCUT2D eigenvalue weighted by atomic mass is 10.1. The molecule has 2 N–H and O–H groups in total. The van der Waals surface area contributed by atoms with Crippen LogP contribution in [0, 0.1) is 0 Å². The van der Waals surface area contributed by atoms with Crippen molar-refractivity contribution in [2.75, 3.05) is 20.1 Å². The van der Waals surface area contributed by atoms with Gasteiger partial charge in [-0.05, 0) is 43.4 Å². The van der Waals surface area contributed by atoms with Gasteiger partial charge in [0.2, 0.25) is 5.88 Å². The predicted octanol–water partition coefficient (Wildman–Crippen LogP) is 3.79. The summed E-state index contributed by atoms with van der Waals surface area (Å²) in [5.74, 6) is 0.875. The minimum Gasteiger partial charge on any atom is -0.438 e. The average Bonchev–Trinajstić information content (AvgIpc) is 3.17. The van der Waals surface area contributed by atoms with Gasteiger partial charge in [0.05, 0.1) is 11.9 Å². The molecule has 152 valence electrons. The number of halogens is 1. The Balaban J connectivity index is 1.63. The molecule has 0 aliphatic heterocycles. The van der Waals surface area contributed by atoms with Crippen LogP contribution in [0.15, 0.2) is 66.9 Å². The Hall–Kier alpha value is -3.42. The number of amides is 1. The van der Waals surface area contributed by atoms with Crippen LogP contribution < -0.4 is 15.4 Å². The molecular weight excluding hydrogens is 402 g/mol. The van der Waals surface area contributed by atoms with Crippen molar-refractivity contribution >= 4 is 23.2 Å². The summed E-state index contributed by atoms with van der Waals surface area (Å²) < 4.78 is 7.52. The Labute approximate surface area is 178 Å². The molecule has 7 nitrogen and oxygen atoms in total. The highest BCUT2D eigenvalue weighted by Crippen LogP contribution is 2.25. The van der Waals surface area contributed by atoms with E-state index in [0.29, 0.717) is 41.0 Å². The van der Waals surface area contributed by atoms with E-state index in [1.165, 1.54) is 0 Å². The smallest absolute Gasteiger partial charge is 0.251 e. The van der Waals surface area contributed by atoms with E-state index in [2.05, 4.69) is 20.7 Å². The monoisotopic (exact) mass is 421 g/mol. The van der Waals surface area contributed by atoms with E-state index in [0.717, 1.165) is 11.3 Å². The molecule has 8 heteroatoms. The first-order valence-electron chi connectivity index (χ1n) is 9.45. The molecule has 30 heavy (non-hydrogen) atoms. The van der Waals surface area contributed by atoms with Gasteiger partial charge in [0.25, 0.3) is 5.91 Å². The number of nitrogens with zero attached hydrogens (tertiary/aromatic N) is 3. The van der Waals surface area contributed by atoms with E-state index in [1.807, 2.05) is 43.4 Å². The van der Waals surface area contributed by atoms with E-state index in [-0.39, 0.29) is 5.91 Å². The van der Waals surface area contributed by atoms with E-state index in [4.69, 9.17) is 16.3 Å². The lowest BCUT2D eigenvalue weighted by molar-refractivity contribution is 0.0954. The summed E-state index contributed by atoms with van der Waals surface area (Å²) >= 11 is 6.02. The van der Waals surface area contributed by atoms with E-state index in [1.54, 1.807) is 35.0 Å². The maximum absolute atomic E-state index is 12.4. The fourth-order valence-electron chi connectivity index (χ4n) is 2.98. The van der Waals surface area contributed by atoms with Gasteiger partial charge in [0.1, 0.15) is 5.75 Å². The number of rotatable bonds is 7. The van der Waals surface area contributed by atoms with Gasteiger partial charge in [0, 0.05) is 35.3 Å². The fourth-order valence-corrected chi connectivity index (χ4v) is 3.16. The second kappa shape index (κ2) is 8.94. The molecule has 2 aromatic carbocycles. The van der Waals surface area contributed by atoms with Crippen LogP contribution >= 0.6 is 11.6 Å². The summed E-state index contributed by atoms with van der Waals surface area (Å²) in [6, 6.07) is 18.1. The van der Waals surface area contributed by atoms with Gasteiger partial charge in [-0.2, -0.15) is 0 Å². The summed E-state index contributed by atoms with van der Waals surface area (Å²) in [4.78, 5) is 16.8. The summed E-state index contributed by atoms with van der Waals surface area (Å²) in [5, 5.41) is 11.0. The van der Waals surface area contributed by atoms with Gasteiger partial charge in [-0.25, -0.2) is 9.50 Å². The Bertz CT molecular complexity index is 1190. The Morgan fingerprint density at radius 1 is 1.10 bits per heavy atom. The van der Waals surface area contributed by atoms with Crippen LogP contribution in [-0.2, 0) is 0 Å². The third-order valence-electron chi connectivity index (χ3n) is 4.44. The molecule has 4 aromatic rings. The lowest BCUT2D eigenvalue weighted by Crippen LogP contribution is -2.30. The number of benzene rings is 2. The number of aromatic nitrogens is 3. The fraction of sp³-hybridized carbons (Fsp3) is 0.136. The summed E-state index contributed by atoms with van der Waals surface area (Å²) in [6.45, 7) is 1.26. The molecule has 2 aromatic heterocycles. The van der Waals surface area contributed by atoms with Crippen molar-refractivity contribution in [3.05, 3.63) is 77.4 Å². The maximum atomic E-state index is 12.4. The molecule has 0 bridgehead atoms. The molecule has 0 saturated heterocycles. The molecule has 0 aliphatic carbocycles. The Morgan fingerprint density at radius 3 is 2.80 bits per heavy atom. The van der Waals surface area contributed by atoms with Crippen LogP contribution in [0.2, 0.25) is 5.02 Å². The molecule has 0 saturated carbocycles. The third kappa shape index (κ3) is 4.42. The summed E-state index contributed by atoms with van der Waals surface area (Å²) in [7, 11) is 1.84. The minimum atomic E-state index is -0.126. The normalized spacial score (nSPS) is 10.9. The number of carbonyl (C=O) groups excluding carboxylic acids is 1. The highest BCUT2D eigenvalue weighted by Gasteiger charge is 2.12. The van der Waals surface area contributed by atoms with Gasteiger partial charge in [-0.1, -0.05) is 29.8 Å². The van der Waals surface area contributed by atoms with Crippen LogP contribution in [-0.4, -0.2) is 40.6 Å².